The van der Waals surface area contributed by atoms with Gasteiger partial charge in [0.05, 0.1) is 6.67 Å². The van der Waals surface area contributed by atoms with Crippen LogP contribution in [0.25, 0.3) is 0 Å². The van der Waals surface area contributed by atoms with Gasteiger partial charge in [0.2, 0.25) is 0 Å². The molecule has 0 saturated heterocycles. The standard InChI is InChI=1S/C8H6F4/c9-2-1-5-3-6(10)8(12)7(11)4-5/h3-4H,1-2H2. The summed E-state index contributed by atoms with van der Waals surface area (Å²) in [6, 6.07) is 1.58. The maximum Gasteiger partial charge on any atom is 0.194 e. The fraction of sp³-hybridized carbons (Fsp3) is 0.250. The molecular weight excluding hydrogens is 172 g/mol. The first-order chi connectivity index (χ1) is 5.65. The van der Waals surface area contributed by atoms with Crippen molar-refractivity contribution in [2.45, 2.75) is 6.42 Å². The SMILES string of the molecule is FCCc1cc(F)c(F)c(F)c1. The summed E-state index contributed by atoms with van der Waals surface area (Å²) < 4.78 is 48.9. The molecular formula is C8H6F4. The summed E-state index contributed by atoms with van der Waals surface area (Å²) in [7, 11) is 0. The van der Waals surface area contributed by atoms with Crippen molar-refractivity contribution in [1.29, 1.82) is 0 Å². The van der Waals surface area contributed by atoms with Crippen molar-refractivity contribution in [3.63, 3.8) is 0 Å². The molecule has 12 heavy (non-hydrogen) atoms. The topological polar surface area (TPSA) is 0 Å². The lowest BCUT2D eigenvalue weighted by atomic mass is 10.1. The van der Waals surface area contributed by atoms with E-state index in [1.54, 1.807) is 0 Å². The Bertz CT molecular complexity index is 259. The molecule has 0 radical (unpaired) electrons. The number of hydrogen-bond acceptors (Lipinski definition) is 0. The third kappa shape index (κ3) is 1.75. The quantitative estimate of drug-likeness (QED) is 0.482. The van der Waals surface area contributed by atoms with Crippen LogP contribution in [-0.4, -0.2) is 6.67 Å². The van der Waals surface area contributed by atoms with Crippen molar-refractivity contribution in [2.75, 3.05) is 6.67 Å². The summed E-state index contributed by atoms with van der Waals surface area (Å²) in [5, 5.41) is 0. The van der Waals surface area contributed by atoms with E-state index in [1.165, 1.54) is 0 Å². The summed E-state index contributed by atoms with van der Waals surface area (Å²) in [5.74, 6) is -4.07. The first-order valence-electron chi connectivity index (χ1n) is 3.34. The predicted octanol–water partition coefficient (Wildman–Crippen LogP) is 2.62. The van der Waals surface area contributed by atoms with Crippen LogP contribution in [-0.2, 0) is 6.42 Å². The van der Waals surface area contributed by atoms with Crippen molar-refractivity contribution in [2.24, 2.45) is 0 Å². The average Bonchev–Trinajstić information content (AvgIpc) is 2.01. The maximum absolute atomic E-state index is 12.4. The molecule has 0 aromatic heterocycles. The van der Waals surface area contributed by atoms with E-state index in [0.717, 1.165) is 12.1 Å². The second-order valence-electron chi connectivity index (χ2n) is 2.31. The van der Waals surface area contributed by atoms with E-state index in [-0.39, 0.29) is 12.0 Å². The van der Waals surface area contributed by atoms with Gasteiger partial charge < -0.3 is 0 Å². The smallest absolute Gasteiger partial charge is 0.194 e. The molecule has 1 aromatic carbocycles. The van der Waals surface area contributed by atoms with Gasteiger partial charge in [-0.25, -0.2) is 13.2 Å². The average molecular weight is 178 g/mol. The molecule has 0 N–H and O–H groups in total. The number of benzene rings is 1. The third-order valence-corrected chi connectivity index (χ3v) is 1.43. The van der Waals surface area contributed by atoms with Crippen molar-refractivity contribution in [3.8, 4) is 0 Å². The molecule has 0 spiro atoms. The first kappa shape index (κ1) is 9.03. The van der Waals surface area contributed by atoms with E-state index in [0.29, 0.717) is 0 Å². The lowest BCUT2D eigenvalue weighted by molar-refractivity contribution is 0.442. The zero-order valence-electron chi connectivity index (χ0n) is 6.08. The van der Waals surface area contributed by atoms with Crippen LogP contribution in [0.5, 0.6) is 0 Å². The van der Waals surface area contributed by atoms with Gasteiger partial charge in [-0.1, -0.05) is 0 Å². The largest absolute Gasteiger partial charge is 0.251 e. The molecule has 0 aliphatic heterocycles. The summed E-state index contributed by atoms with van der Waals surface area (Å²) in [6.45, 7) is -0.718. The molecule has 0 amide bonds. The van der Waals surface area contributed by atoms with Gasteiger partial charge in [-0.05, 0) is 17.7 Å². The Morgan fingerprint density at radius 3 is 1.92 bits per heavy atom. The highest BCUT2D eigenvalue weighted by molar-refractivity contribution is 5.19. The second-order valence-corrected chi connectivity index (χ2v) is 2.31. The van der Waals surface area contributed by atoms with Crippen LogP contribution >= 0.6 is 0 Å². The van der Waals surface area contributed by atoms with Crippen LogP contribution in [0.1, 0.15) is 5.56 Å². The molecule has 0 nitrogen and oxygen atoms in total. The minimum atomic E-state index is -1.52. The molecule has 0 saturated carbocycles. The van der Waals surface area contributed by atoms with Crippen LogP contribution in [0.2, 0.25) is 0 Å². The number of aryl methyl sites for hydroxylation is 1. The Balaban J connectivity index is 3.04. The first-order valence-corrected chi connectivity index (χ1v) is 3.34. The molecule has 4 heteroatoms. The summed E-state index contributed by atoms with van der Waals surface area (Å²) in [5.41, 5.74) is 0.119. The molecule has 1 aromatic rings. The van der Waals surface area contributed by atoms with Gasteiger partial charge in [0.1, 0.15) is 0 Å². The minimum Gasteiger partial charge on any atom is -0.251 e. The molecule has 0 heterocycles. The van der Waals surface area contributed by atoms with Gasteiger partial charge in [0.25, 0.3) is 0 Å². The van der Waals surface area contributed by atoms with E-state index in [1.807, 2.05) is 0 Å². The monoisotopic (exact) mass is 178 g/mol. The summed E-state index contributed by atoms with van der Waals surface area (Å²) >= 11 is 0. The summed E-state index contributed by atoms with van der Waals surface area (Å²) in [4.78, 5) is 0. The molecule has 0 unspecified atom stereocenters. The molecule has 0 atom stereocenters. The van der Waals surface area contributed by atoms with Gasteiger partial charge in [0, 0.05) is 6.42 Å². The van der Waals surface area contributed by atoms with E-state index in [2.05, 4.69) is 0 Å². The van der Waals surface area contributed by atoms with Crippen molar-refractivity contribution < 1.29 is 17.6 Å². The lowest BCUT2D eigenvalue weighted by Crippen LogP contribution is -1.95. The molecule has 0 aliphatic rings. The number of halogens is 4. The molecule has 0 aliphatic carbocycles. The second kappa shape index (κ2) is 3.56. The molecule has 1 rings (SSSR count). The fourth-order valence-corrected chi connectivity index (χ4v) is 0.861. The van der Waals surface area contributed by atoms with Crippen LogP contribution in [0, 0.1) is 17.5 Å². The minimum absolute atomic E-state index is 0.103. The molecule has 66 valence electrons. The Morgan fingerprint density at radius 2 is 1.50 bits per heavy atom. The molecule has 0 bridgehead atoms. The zero-order chi connectivity index (χ0) is 9.14. The predicted molar refractivity (Wildman–Crippen MR) is 36.0 cm³/mol. The van der Waals surface area contributed by atoms with Gasteiger partial charge >= 0.3 is 0 Å². The van der Waals surface area contributed by atoms with Crippen molar-refractivity contribution in [1.82, 2.24) is 0 Å². The summed E-state index contributed by atoms with van der Waals surface area (Å²) in [6.07, 6.45) is -0.103. The zero-order valence-corrected chi connectivity index (χ0v) is 6.08. The van der Waals surface area contributed by atoms with Gasteiger partial charge in [-0.15, -0.1) is 0 Å². The van der Waals surface area contributed by atoms with Crippen LogP contribution in [0.15, 0.2) is 12.1 Å². The van der Waals surface area contributed by atoms with E-state index < -0.39 is 24.1 Å². The van der Waals surface area contributed by atoms with Crippen molar-refractivity contribution >= 4 is 0 Å². The van der Waals surface area contributed by atoms with E-state index in [9.17, 15) is 17.6 Å². The van der Waals surface area contributed by atoms with Gasteiger partial charge in [0.15, 0.2) is 17.5 Å². The highest BCUT2D eigenvalue weighted by Crippen LogP contribution is 2.13. The third-order valence-electron chi connectivity index (χ3n) is 1.43. The fourth-order valence-electron chi connectivity index (χ4n) is 0.861. The van der Waals surface area contributed by atoms with Gasteiger partial charge in [-0.3, -0.25) is 4.39 Å². The van der Waals surface area contributed by atoms with Crippen molar-refractivity contribution in [3.05, 3.63) is 35.1 Å². The molecule has 0 fully saturated rings. The van der Waals surface area contributed by atoms with Gasteiger partial charge in [-0.2, -0.15) is 0 Å². The highest BCUT2D eigenvalue weighted by atomic mass is 19.2. The Labute approximate surface area is 66.8 Å². The Morgan fingerprint density at radius 1 is 1.00 bits per heavy atom. The Kier molecular flexibility index (Phi) is 2.68. The number of hydrogen-bond donors (Lipinski definition) is 0. The van der Waals surface area contributed by atoms with Crippen LogP contribution < -0.4 is 0 Å². The number of rotatable bonds is 2. The van der Waals surface area contributed by atoms with Crippen LogP contribution in [0.4, 0.5) is 17.6 Å². The highest BCUT2D eigenvalue weighted by Gasteiger charge is 2.09. The van der Waals surface area contributed by atoms with E-state index in [4.69, 9.17) is 0 Å². The Hall–Kier alpha value is -1.06. The normalized spacial score (nSPS) is 10.3. The van der Waals surface area contributed by atoms with Crippen LogP contribution in [0.3, 0.4) is 0 Å². The van der Waals surface area contributed by atoms with E-state index >= 15 is 0 Å². The maximum atomic E-state index is 12.4. The number of alkyl halides is 1. The lowest BCUT2D eigenvalue weighted by Gasteiger charge is -1.99.